The van der Waals surface area contributed by atoms with E-state index in [0.717, 1.165) is 0 Å². The standard InChI is InChI=1S/C10H16F3N3/c1-7-8(2)16(6-5-15(3)4)14-9(7)10(11,12)13/h5-6H2,1-4H3. The van der Waals surface area contributed by atoms with E-state index in [1.807, 2.05) is 19.0 Å². The summed E-state index contributed by atoms with van der Waals surface area (Å²) in [5, 5.41) is 3.62. The van der Waals surface area contributed by atoms with E-state index >= 15 is 0 Å². The monoisotopic (exact) mass is 235 g/mol. The van der Waals surface area contributed by atoms with Crippen LogP contribution in [0.4, 0.5) is 13.2 Å². The minimum atomic E-state index is -4.36. The van der Waals surface area contributed by atoms with Crippen molar-refractivity contribution in [1.29, 1.82) is 0 Å². The Morgan fingerprint density at radius 2 is 1.81 bits per heavy atom. The molecule has 0 fully saturated rings. The molecule has 3 nitrogen and oxygen atoms in total. The fourth-order valence-corrected chi connectivity index (χ4v) is 1.42. The quantitative estimate of drug-likeness (QED) is 0.799. The maximum Gasteiger partial charge on any atom is 0.435 e. The molecule has 0 spiro atoms. The Balaban J connectivity index is 2.96. The second-order valence-electron chi connectivity index (χ2n) is 4.08. The van der Waals surface area contributed by atoms with E-state index in [2.05, 4.69) is 5.10 Å². The van der Waals surface area contributed by atoms with E-state index in [1.54, 1.807) is 6.92 Å². The maximum absolute atomic E-state index is 12.6. The van der Waals surface area contributed by atoms with Gasteiger partial charge >= 0.3 is 6.18 Å². The lowest BCUT2D eigenvalue weighted by molar-refractivity contribution is -0.141. The maximum atomic E-state index is 12.6. The molecular weight excluding hydrogens is 219 g/mol. The van der Waals surface area contributed by atoms with Gasteiger partial charge in [-0.05, 0) is 27.9 Å². The Morgan fingerprint density at radius 1 is 1.25 bits per heavy atom. The third-order valence-corrected chi connectivity index (χ3v) is 2.53. The molecule has 16 heavy (non-hydrogen) atoms. The fraction of sp³-hybridized carbons (Fsp3) is 0.700. The highest BCUT2D eigenvalue weighted by molar-refractivity contribution is 5.25. The Morgan fingerprint density at radius 3 is 2.19 bits per heavy atom. The molecule has 0 unspecified atom stereocenters. The van der Waals surface area contributed by atoms with Crippen LogP contribution in [0.15, 0.2) is 0 Å². The topological polar surface area (TPSA) is 21.1 Å². The zero-order valence-electron chi connectivity index (χ0n) is 9.89. The van der Waals surface area contributed by atoms with Crippen LogP contribution >= 0.6 is 0 Å². The van der Waals surface area contributed by atoms with Crippen molar-refractivity contribution in [3.8, 4) is 0 Å². The van der Waals surface area contributed by atoms with Crippen LogP contribution in [0.1, 0.15) is 17.0 Å². The van der Waals surface area contributed by atoms with Crippen LogP contribution in [-0.2, 0) is 12.7 Å². The second kappa shape index (κ2) is 4.45. The van der Waals surface area contributed by atoms with Gasteiger partial charge in [-0.25, -0.2) is 0 Å². The molecule has 92 valence electrons. The minimum absolute atomic E-state index is 0.214. The summed E-state index contributed by atoms with van der Waals surface area (Å²) in [6, 6.07) is 0. The normalized spacial score (nSPS) is 12.5. The van der Waals surface area contributed by atoms with Crippen molar-refractivity contribution in [2.45, 2.75) is 26.6 Å². The van der Waals surface area contributed by atoms with Gasteiger partial charge in [0.1, 0.15) is 0 Å². The van der Waals surface area contributed by atoms with Gasteiger partial charge in [-0.2, -0.15) is 18.3 Å². The summed E-state index contributed by atoms with van der Waals surface area (Å²) >= 11 is 0. The third-order valence-electron chi connectivity index (χ3n) is 2.53. The predicted octanol–water partition coefficient (Wildman–Crippen LogP) is 2.08. The number of hydrogen-bond acceptors (Lipinski definition) is 2. The van der Waals surface area contributed by atoms with Gasteiger partial charge in [-0.3, -0.25) is 4.68 Å². The molecule has 0 radical (unpaired) electrons. The Kier molecular flexibility index (Phi) is 3.62. The number of likely N-dealkylation sites (N-methyl/N-ethyl adjacent to an activating group) is 1. The van der Waals surface area contributed by atoms with E-state index in [-0.39, 0.29) is 5.56 Å². The summed E-state index contributed by atoms with van der Waals surface area (Å²) in [6.07, 6.45) is -4.36. The summed E-state index contributed by atoms with van der Waals surface area (Å²) < 4.78 is 39.1. The van der Waals surface area contributed by atoms with Gasteiger partial charge in [0.15, 0.2) is 5.69 Å². The third kappa shape index (κ3) is 2.75. The zero-order chi connectivity index (χ0) is 12.5. The van der Waals surface area contributed by atoms with E-state index < -0.39 is 11.9 Å². The summed E-state index contributed by atoms with van der Waals surface area (Å²) in [4.78, 5) is 1.91. The van der Waals surface area contributed by atoms with E-state index in [9.17, 15) is 13.2 Å². The first-order chi connectivity index (χ1) is 7.23. The predicted molar refractivity (Wildman–Crippen MR) is 55.3 cm³/mol. The van der Waals surface area contributed by atoms with Crippen molar-refractivity contribution in [1.82, 2.24) is 14.7 Å². The first kappa shape index (κ1) is 13.0. The highest BCUT2D eigenvalue weighted by Crippen LogP contribution is 2.31. The van der Waals surface area contributed by atoms with Gasteiger partial charge in [0.05, 0.1) is 6.54 Å². The van der Waals surface area contributed by atoms with Crippen LogP contribution < -0.4 is 0 Å². The first-order valence-corrected chi connectivity index (χ1v) is 4.99. The number of hydrogen-bond donors (Lipinski definition) is 0. The van der Waals surface area contributed by atoms with Crippen molar-refractivity contribution < 1.29 is 13.2 Å². The molecule has 6 heteroatoms. The zero-order valence-corrected chi connectivity index (χ0v) is 9.89. The Bertz CT molecular complexity index is 366. The Hall–Kier alpha value is -1.04. The van der Waals surface area contributed by atoms with Gasteiger partial charge in [0.2, 0.25) is 0 Å². The lowest BCUT2D eigenvalue weighted by Crippen LogP contribution is -2.20. The van der Waals surface area contributed by atoms with E-state index in [0.29, 0.717) is 18.8 Å². The van der Waals surface area contributed by atoms with Gasteiger partial charge in [0.25, 0.3) is 0 Å². The smallest absolute Gasteiger partial charge is 0.308 e. The summed E-state index contributed by atoms with van der Waals surface area (Å²) in [6.45, 7) is 4.25. The molecule has 0 bridgehead atoms. The van der Waals surface area contributed by atoms with Gasteiger partial charge in [-0.15, -0.1) is 0 Å². The van der Waals surface area contributed by atoms with E-state index in [4.69, 9.17) is 0 Å². The SMILES string of the molecule is Cc1c(C(F)(F)F)nn(CCN(C)C)c1C. The van der Waals surface area contributed by atoms with Crippen molar-refractivity contribution >= 4 is 0 Å². The van der Waals surface area contributed by atoms with Crippen LogP contribution in [0, 0.1) is 13.8 Å². The molecule has 0 saturated carbocycles. The highest BCUT2D eigenvalue weighted by Gasteiger charge is 2.36. The van der Waals surface area contributed by atoms with Crippen LogP contribution in [0.3, 0.4) is 0 Å². The molecule has 0 atom stereocenters. The number of halogens is 3. The number of alkyl halides is 3. The first-order valence-electron chi connectivity index (χ1n) is 4.99. The molecule has 1 aromatic rings. The molecule has 0 amide bonds. The molecule has 1 heterocycles. The van der Waals surface area contributed by atoms with Crippen LogP contribution in [0.25, 0.3) is 0 Å². The molecule has 0 saturated heterocycles. The average Bonchev–Trinajstić information content (AvgIpc) is 2.40. The van der Waals surface area contributed by atoms with Crippen molar-refractivity contribution in [2.75, 3.05) is 20.6 Å². The van der Waals surface area contributed by atoms with Crippen LogP contribution in [0.5, 0.6) is 0 Å². The minimum Gasteiger partial charge on any atom is -0.308 e. The Labute approximate surface area is 92.8 Å². The highest BCUT2D eigenvalue weighted by atomic mass is 19.4. The van der Waals surface area contributed by atoms with Gasteiger partial charge in [0, 0.05) is 17.8 Å². The van der Waals surface area contributed by atoms with Crippen molar-refractivity contribution in [3.63, 3.8) is 0 Å². The number of aromatic nitrogens is 2. The molecule has 0 aliphatic heterocycles. The average molecular weight is 235 g/mol. The van der Waals surface area contributed by atoms with Gasteiger partial charge < -0.3 is 4.90 Å². The largest absolute Gasteiger partial charge is 0.435 e. The summed E-state index contributed by atoms with van der Waals surface area (Å²) in [5.41, 5.74) is 0.0178. The summed E-state index contributed by atoms with van der Waals surface area (Å²) in [7, 11) is 3.74. The lowest BCUT2D eigenvalue weighted by atomic mass is 10.2. The number of nitrogens with zero attached hydrogens (tertiary/aromatic N) is 3. The molecule has 1 rings (SSSR count). The van der Waals surface area contributed by atoms with Crippen LogP contribution in [-0.4, -0.2) is 35.3 Å². The molecule has 1 aromatic heterocycles. The van der Waals surface area contributed by atoms with Gasteiger partial charge in [-0.1, -0.05) is 0 Å². The van der Waals surface area contributed by atoms with Crippen molar-refractivity contribution in [3.05, 3.63) is 17.0 Å². The molecule has 0 aromatic carbocycles. The lowest BCUT2D eigenvalue weighted by Gasteiger charge is -2.10. The molecule has 0 N–H and O–H groups in total. The molecular formula is C10H16F3N3. The van der Waals surface area contributed by atoms with Crippen molar-refractivity contribution in [2.24, 2.45) is 0 Å². The second-order valence-corrected chi connectivity index (χ2v) is 4.08. The molecule has 0 aliphatic rings. The van der Waals surface area contributed by atoms with E-state index in [1.165, 1.54) is 11.6 Å². The number of rotatable bonds is 3. The molecule has 0 aliphatic carbocycles. The fourth-order valence-electron chi connectivity index (χ4n) is 1.42. The van der Waals surface area contributed by atoms with Crippen LogP contribution in [0.2, 0.25) is 0 Å². The summed E-state index contributed by atoms with van der Waals surface area (Å²) in [5.74, 6) is 0.